The van der Waals surface area contributed by atoms with Gasteiger partial charge in [0.15, 0.2) is 0 Å². The van der Waals surface area contributed by atoms with Gasteiger partial charge in [0.1, 0.15) is 0 Å². The molecule has 0 aliphatic carbocycles. The van der Waals surface area contributed by atoms with E-state index in [0.717, 1.165) is 27.9 Å². The lowest BCUT2D eigenvalue weighted by atomic mass is 10.2. The topological polar surface area (TPSA) is 32.3 Å². The van der Waals surface area contributed by atoms with E-state index in [-0.39, 0.29) is 6.10 Å². The largest absolute Gasteiger partial charge is 0.392 e. The lowest BCUT2D eigenvalue weighted by molar-refractivity contribution is 0.160. The molecule has 1 atom stereocenters. The van der Waals surface area contributed by atoms with Crippen LogP contribution in [0, 0.1) is 0 Å². The molecule has 0 amide bonds. The Morgan fingerprint density at radius 2 is 2.25 bits per heavy atom. The summed E-state index contributed by atoms with van der Waals surface area (Å²) in [5, 5.41) is 13.5. The van der Waals surface area contributed by atoms with Crippen LogP contribution in [0.2, 0.25) is 5.02 Å². The van der Waals surface area contributed by atoms with Crippen LogP contribution >= 0.6 is 27.5 Å². The van der Waals surface area contributed by atoms with Crippen LogP contribution in [0.25, 0.3) is 0 Å². The van der Waals surface area contributed by atoms with Gasteiger partial charge in [-0.2, -0.15) is 0 Å². The van der Waals surface area contributed by atoms with Gasteiger partial charge in [0.25, 0.3) is 0 Å². The first-order valence-electron chi connectivity index (χ1n) is 5.46. The number of benzene rings is 1. The number of nitrogens with one attached hydrogen (secondary N) is 1. The van der Waals surface area contributed by atoms with Gasteiger partial charge in [0.05, 0.1) is 6.10 Å². The SMILES string of the molecule is CCCC(O)CNCc1ccc(Br)cc1Cl. The van der Waals surface area contributed by atoms with Crippen LogP contribution in [0.5, 0.6) is 0 Å². The summed E-state index contributed by atoms with van der Waals surface area (Å²) in [5.41, 5.74) is 1.05. The van der Waals surface area contributed by atoms with E-state index in [2.05, 4.69) is 28.2 Å². The molecule has 0 bridgehead atoms. The lowest BCUT2D eigenvalue weighted by Gasteiger charge is -2.11. The van der Waals surface area contributed by atoms with E-state index >= 15 is 0 Å². The molecule has 0 aromatic heterocycles. The van der Waals surface area contributed by atoms with E-state index in [1.807, 2.05) is 18.2 Å². The minimum Gasteiger partial charge on any atom is -0.392 e. The van der Waals surface area contributed by atoms with Gasteiger partial charge < -0.3 is 10.4 Å². The van der Waals surface area contributed by atoms with E-state index in [9.17, 15) is 5.11 Å². The van der Waals surface area contributed by atoms with Crippen LogP contribution in [0.15, 0.2) is 22.7 Å². The monoisotopic (exact) mass is 305 g/mol. The molecule has 0 saturated carbocycles. The molecule has 0 radical (unpaired) electrons. The Morgan fingerprint density at radius 1 is 1.50 bits per heavy atom. The fourth-order valence-corrected chi connectivity index (χ4v) is 2.21. The predicted octanol–water partition coefficient (Wildman–Crippen LogP) is 3.35. The Balaban J connectivity index is 2.37. The van der Waals surface area contributed by atoms with Crippen molar-refractivity contribution in [2.45, 2.75) is 32.4 Å². The van der Waals surface area contributed by atoms with E-state index in [0.29, 0.717) is 13.1 Å². The van der Waals surface area contributed by atoms with Crippen molar-refractivity contribution >= 4 is 27.5 Å². The normalized spacial score (nSPS) is 12.8. The summed E-state index contributed by atoms with van der Waals surface area (Å²) >= 11 is 9.44. The van der Waals surface area contributed by atoms with Crippen molar-refractivity contribution in [1.29, 1.82) is 0 Å². The lowest BCUT2D eigenvalue weighted by Crippen LogP contribution is -2.26. The molecule has 1 rings (SSSR count). The second kappa shape index (κ2) is 7.28. The van der Waals surface area contributed by atoms with Crippen molar-refractivity contribution in [2.75, 3.05) is 6.54 Å². The molecular formula is C12H17BrClNO. The standard InChI is InChI=1S/C12H17BrClNO/c1-2-3-11(16)8-15-7-9-4-5-10(13)6-12(9)14/h4-6,11,15-16H,2-3,7-8H2,1H3. The van der Waals surface area contributed by atoms with Gasteiger partial charge >= 0.3 is 0 Å². The molecule has 16 heavy (non-hydrogen) atoms. The highest BCUT2D eigenvalue weighted by Gasteiger charge is 2.04. The zero-order chi connectivity index (χ0) is 12.0. The minimum absolute atomic E-state index is 0.265. The fraction of sp³-hybridized carbons (Fsp3) is 0.500. The van der Waals surface area contributed by atoms with Crippen molar-refractivity contribution in [2.24, 2.45) is 0 Å². The highest BCUT2D eigenvalue weighted by Crippen LogP contribution is 2.21. The summed E-state index contributed by atoms with van der Waals surface area (Å²) in [5.74, 6) is 0. The van der Waals surface area contributed by atoms with Crippen molar-refractivity contribution in [3.63, 3.8) is 0 Å². The zero-order valence-corrected chi connectivity index (χ0v) is 11.7. The summed E-state index contributed by atoms with van der Waals surface area (Å²) < 4.78 is 0.979. The van der Waals surface area contributed by atoms with Crippen LogP contribution in [-0.4, -0.2) is 17.8 Å². The first-order valence-corrected chi connectivity index (χ1v) is 6.63. The third-order valence-corrected chi connectivity index (χ3v) is 3.18. The smallest absolute Gasteiger partial charge is 0.0664 e. The third kappa shape index (κ3) is 4.83. The molecule has 1 unspecified atom stereocenters. The van der Waals surface area contributed by atoms with E-state index in [4.69, 9.17) is 11.6 Å². The molecule has 1 aromatic carbocycles. The molecule has 0 aliphatic rings. The molecule has 0 heterocycles. The van der Waals surface area contributed by atoms with Gasteiger partial charge in [-0.05, 0) is 24.1 Å². The maximum absolute atomic E-state index is 9.54. The molecule has 0 spiro atoms. The summed E-state index contributed by atoms with van der Waals surface area (Å²) in [4.78, 5) is 0. The first-order chi connectivity index (χ1) is 7.63. The number of hydrogen-bond donors (Lipinski definition) is 2. The fourth-order valence-electron chi connectivity index (χ4n) is 1.47. The molecule has 0 aliphatic heterocycles. The first kappa shape index (κ1) is 14.0. The molecular weight excluding hydrogens is 289 g/mol. The van der Waals surface area contributed by atoms with Crippen LogP contribution in [0.1, 0.15) is 25.3 Å². The summed E-state index contributed by atoms with van der Waals surface area (Å²) in [6.45, 7) is 3.36. The van der Waals surface area contributed by atoms with Crippen LogP contribution < -0.4 is 5.32 Å². The van der Waals surface area contributed by atoms with Gasteiger partial charge in [-0.15, -0.1) is 0 Å². The predicted molar refractivity (Wildman–Crippen MR) is 71.8 cm³/mol. The van der Waals surface area contributed by atoms with E-state index in [1.165, 1.54) is 0 Å². The number of aliphatic hydroxyl groups excluding tert-OH is 1. The number of halogens is 2. The Kier molecular flexibility index (Phi) is 6.36. The maximum Gasteiger partial charge on any atom is 0.0664 e. The number of hydrogen-bond acceptors (Lipinski definition) is 2. The molecule has 4 heteroatoms. The summed E-state index contributed by atoms with van der Waals surface area (Å²) in [7, 11) is 0. The Bertz CT molecular complexity index is 333. The van der Waals surface area contributed by atoms with E-state index in [1.54, 1.807) is 0 Å². The Labute approximate surface area is 110 Å². The molecule has 2 N–H and O–H groups in total. The zero-order valence-electron chi connectivity index (χ0n) is 9.34. The van der Waals surface area contributed by atoms with Gasteiger partial charge in [0.2, 0.25) is 0 Å². The highest BCUT2D eigenvalue weighted by molar-refractivity contribution is 9.10. The summed E-state index contributed by atoms with van der Waals surface area (Å²) in [6, 6.07) is 5.82. The quantitative estimate of drug-likeness (QED) is 0.845. The van der Waals surface area contributed by atoms with E-state index < -0.39 is 0 Å². The number of rotatable bonds is 6. The van der Waals surface area contributed by atoms with Crippen molar-refractivity contribution in [3.05, 3.63) is 33.3 Å². The van der Waals surface area contributed by atoms with Gasteiger partial charge in [-0.1, -0.05) is 46.9 Å². The Hall–Kier alpha value is -0.0900. The average molecular weight is 307 g/mol. The minimum atomic E-state index is -0.265. The van der Waals surface area contributed by atoms with Gasteiger partial charge in [0, 0.05) is 22.6 Å². The molecule has 0 saturated heterocycles. The van der Waals surface area contributed by atoms with Crippen molar-refractivity contribution in [3.8, 4) is 0 Å². The highest BCUT2D eigenvalue weighted by atomic mass is 79.9. The Morgan fingerprint density at radius 3 is 2.88 bits per heavy atom. The molecule has 90 valence electrons. The molecule has 0 fully saturated rings. The van der Waals surface area contributed by atoms with Crippen LogP contribution in [0.4, 0.5) is 0 Å². The second-order valence-corrected chi connectivity index (χ2v) is 5.13. The average Bonchev–Trinajstić information content (AvgIpc) is 2.22. The van der Waals surface area contributed by atoms with Gasteiger partial charge in [-0.3, -0.25) is 0 Å². The summed E-state index contributed by atoms with van der Waals surface area (Å²) in [6.07, 6.45) is 1.57. The van der Waals surface area contributed by atoms with Crippen LogP contribution in [-0.2, 0) is 6.54 Å². The third-order valence-electron chi connectivity index (χ3n) is 2.33. The second-order valence-electron chi connectivity index (χ2n) is 3.81. The number of aliphatic hydroxyl groups is 1. The van der Waals surface area contributed by atoms with Crippen molar-refractivity contribution < 1.29 is 5.11 Å². The van der Waals surface area contributed by atoms with Crippen LogP contribution in [0.3, 0.4) is 0 Å². The molecule has 2 nitrogen and oxygen atoms in total. The van der Waals surface area contributed by atoms with Crippen molar-refractivity contribution in [1.82, 2.24) is 5.32 Å². The molecule has 1 aromatic rings. The maximum atomic E-state index is 9.54. The van der Waals surface area contributed by atoms with Gasteiger partial charge in [-0.25, -0.2) is 0 Å².